The molecule has 16 nitrogen and oxygen atoms in total. The van der Waals surface area contributed by atoms with Crippen molar-refractivity contribution in [1.82, 2.24) is 39.3 Å². The number of piperazine rings is 1. The van der Waals surface area contributed by atoms with Crippen LogP contribution in [0.3, 0.4) is 0 Å². The average Bonchev–Trinajstić information content (AvgIpc) is 3.38. The Morgan fingerprint density at radius 2 is 1.54 bits per heavy atom. The van der Waals surface area contributed by atoms with E-state index in [9.17, 15) is 39.6 Å². The second-order valence-electron chi connectivity index (χ2n) is 10.6. The number of halogens is 6. The molecule has 0 atom stereocenters. The van der Waals surface area contributed by atoms with Gasteiger partial charge in [0.25, 0.3) is 5.56 Å². The fourth-order valence-corrected chi connectivity index (χ4v) is 6.07. The lowest BCUT2D eigenvalue weighted by Crippen LogP contribution is -2.48. The van der Waals surface area contributed by atoms with E-state index in [2.05, 4.69) is 32.2 Å². The van der Waals surface area contributed by atoms with Crippen LogP contribution < -0.4 is 15.6 Å². The van der Waals surface area contributed by atoms with Gasteiger partial charge in [0, 0.05) is 39.3 Å². The molecule has 2 aliphatic rings. The monoisotopic (exact) mass is 744 g/mol. The molecular weight excluding hydrogens is 710 g/mol. The van der Waals surface area contributed by atoms with Gasteiger partial charge >= 0.3 is 24.3 Å². The Morgan fingerprint density at radius 3 is 1.98 bits per heavy atom. The molecule has 278 valence electrons. The Morgan fingerprint density at radius 1 is 0.980 bits per heavy atom. The van der Waals surface area contributed by atoms with Gasteiger partial charge in [0.15, 0.2) is 5.52 Å². The lowest BCUT2D eigenvalue weighted by molar-refractivity contribution is -0.193. The molecule has 23 heteroatoms. The smallest absolute Gasteiger partial charge is 0.477 e. The van der Waals surface area contributed by atoms with E-state index in [1.807, 2.05) is 18.5 Å². The van der Waals surface area contributed by atoms with E-state index in [0.29, 0.717) is 50.3 Å². The SMILES string of the molecule is CCOc1ncc(S(=O)(=O)N2CCN(CC)CC2)cc1-c1nc2c(CC)n(C3CNC3)nc2c(=O)[nH]1.O=C(O)C(F)(F)F.O=C(O)C(F)(F)F. The fraction of sp³-hybridized carbons (Fsp3) is 0.556. The number of likely N-dealkylation sites (N-methyl/N-ethyl adjacent to an activating group) is 1. The number of aliphatic carboxylic acids is 2. The van der Waals surface area contributed by atoms with E-state index in [1.165, 1.54) is 16.6 Å². The molecule has 3 aromatic heterocycles. The highest BCUT2D eigenvalue weighted by Crippen LogP contribution is 2.31. The number of carbonyl (C=O) groups is 2. The van der Waals surface area contributed by atoms with Crippen LogP contribution in [0.1, 0.15) is 32.5 Å². The molecule has 0 unspecified atom stereocenters. The molecule has 5 heterocycles. The molecular formula is C27H34F6N8O8S. The van der Waals surface area contributed by atoms with Crippen LogP contribution in [0.2, 0.25) is 0 Å². The largest absolute Gasteiger partial charge is 0.490 e. The summed E-state index contributed by atoms with van der Waals surface area (Å²) in [6, 6.07) is 1.68. The van der Waals surface area contributed by atoms with Gasteiger partial charge < -0.3 is 30.2 Å². The highest BCUT2D eigenvalue weighted by molar-refractivity contribution is 7.89. The number of fused-ring (bicyclic) bond motifs is 1. The van der Waals surface area contributed by atoms with E-state index < -0.39 is 34.3 Å². The van der Waals surface area contributed by atoms with Gasteiger partial charge in [-0.05, 0) is 26.0 Å². The summed E-state index contributed by atoms with van der Waals surface area (Å²) in [6.07, 6.45) is -8.20. The molecule has 4 N–H and O–H groups in total. The Balaban J connectivity index is 0.000000408. The maximum absolute atomic E-state index is 13.4. The average molecular weight is 745 g/mol. The lowest BCUT2D eigenvalue weighted by Gasteiger charge is -2.33. The Hall–Kier alpha value is -4.35. The first-order valence-electron chi connectivity index (χ1n) is 14.9. The highest BCUT2D eigenvalue weighted by atomic mass is 32.2. The third-order valence-electron chi connectivity index (χ3n) is 7.36. The first-order valence-corrected chi connectivity index (χ1v) is 16.4. The van der Waals surface area contributed by atoms with E-state index in [4.69, 9.17) is 29.5 Å². The van der Waals surface area contributed by atoms with E-state index in [-0.39, 0.29) is 33.7 Å². The van der Waals surface area contributed by atoms with Gasteiger partial charge in [0.1, 0.15) is 16.2 Å². The highest BCUT2D eigenvalue weighted by Gasteiger charge is 2.39. The summed E-state index contributed by atoms with van der Waals surface area (Å²) >= 11 is 0. The minimum Gasteiger partial charge on any atom is -0.477 e. The van der Waals surface area contributed by atoms with Gasteiger partial charge in [0.05, 0.1) is 30.1 Å². The number of pyridine rings is 1. The molecule has 2 fully saturated rings. The first-order chi connectivity index (χ1) is 23.3. The van der Waals surface area contributed by atoms with Crippen LogP contribution in [-0.2, 0) is 26.0 Å². The van der Waals surface area contributed by atoms with Crippen LogP contribution in [0.15, 0.2) is 22.0 Å². The van der Waals surface area contributed by atoms with Crippen LogP contribution in [0.25, 0.3) is 22.4 Å². The van der Waals surface area contributed by atoms with Crippen molar-refractivity contribution >= 4 is 33.0 Å². The number of ether oxygens (including phenoxy) is 1. The molecule has 0 saturated carbocycles. The van der Waals surface area contributed by atoms with Crippen LogP contribution in [-0.4, -0.2) is 129 Å². The van der Waals surface area contributed by atoms with E-state index in [1.54, 1.807) is 0 Å². The van der Waals surface area contributed by atoms with Gasteiger partial charge in [0.2, 0.25) is 15.9 Å². The zero-order valence-electron chi connectivity index (χ0n) is 26.8. The Bertz CT molecular complexity index is 1810. The molecule has 0 radical (unpaired) electrons. The number of hydrogen-bond acceptors (Lipinski definition) is 11. The summed E-state index contributed by atoms with van der Waals surface area (Å²) in [6.45, 7) is 10.8. The van der Waals surface area contributed by atoms with Gasteiger partial charge in [-0.2, -0.15) is 35.7 Å². The maximum Gasteiger partial charge on any atom is 0.490 e. The number of aryl methyl sites for hydroxylation is 1. The minimum atomic E-state index is -5.08. The predicted molar refractivity (Wildman–Crippen MR) is 162 cm³/mol. The number of aromatic nitrogens is 5. The topological polar surface area (TPSA) is 213 Å². The van der Waals surface area contributed by atoms with Crippen molar-refractivity contribution < 1.29 is 59.3 Å². The quantitative estimate of drug-likeness (QED) is 0.243. The van der Waals surface area contributed by atoms with Crippen molar-refractivity contribution in [3.63, 3.8) is 0 Å². The number of hydrogen-bond donors (Lipinski definition) is 4. The number of aromatic amines is 1. The standard InChI is InChI=1S/C23H32N8O4S.2C2HF3O2/c1-4-18-19-20(28-31(18)15-12-24-13-15)22(32)27-21(26-19)17-11-16(14-25-23(17)35-6-3)36(33,34)30-9-7-29(5-2)8-10-30;2*3-2(4,5)1(6)7/h11,14-15,24H,4-10,12-13H2,1-3H3,(H,26,27,32);2*(H,6,7). The maximum atomic E-state index is 13.4. The first kappa shape index (κ1) is 40.1. The number of rotatable bonds is 8. The van der Waals surface area contributed by atoms with Crippen molar-refractivity contribution in [2.24, 2.45) is 0 Å². The third-order valence-corrected chi connectivity index (χ3v) is 9.22. The normalized spacial score (nSPS) is 16.1. The number of alkyl halides is 6. The third kappa shape index (κ3) is 9.45. The van der Waals surface area contributed by atoms with Crippen LogP contribution in [0.5, 0.6) is 5.88 Å². The summed E-state index contributed by atoms with van der Waals surface area (Å²) in [5.41, 5.74) is 1.58. The summed E-state index contributed by atoms with van der Waals surface area (Å²) in [5, 5.41) is 22.0. The van der Waals surface area contributed by atoms with Gasteiger partial charge in [-0.15, -0.1) is 0 Å². The van der Waals surface area contributed by atoms with Crippen LogP contribution in [0.4, 0.5) is 26.3 Å². The number of carboxylic acids is 2. The summed E-state index contributed by atoms with van der Waals surface area (Å²) < 4.78 is 99.4. The molecule has 50 heavy (non-hydrogen) atoms. The fourth-order valence-electron chi connectivity index (χ4n) is 4.67. The van der Waals surface area contributed by atoms with Gasteiger partial charge in [-0.1, -0.05) is 13.8 Å². The molecule has 0 amide bonds. The van der Waals surface area contributed by atoms with Crippen molar-refractivity contribution in [3.8, 4) is 17.3 Å². The lowest BCUT2D eigenvalue weighted by atomic mass is 10.1. The molecule has 2 aliphatic heterocycles. The zero-order chi connectivity index (χ0) is 37.6. The second-order valence-corrected chi connectivity index (χ2v) is 12.5. The molecule has 0 aliphatic carbocycles. The van der Waals surface area contributed by atoms with Crippen LogP contribution >= 0.6 is 0 Å². The summed E-state index contributed by atoms with van der Waals surface area (Å²) in [7, 11) is -3.78. The van der Waals surface area contributed by atoms with Gasteiger partial charge in [-0.3, -0.25) is 9.48 Å². The molecule has 0 bridgehead atoms. The Labute approximate surface area is 280 Å². The van der Waals surface area contributed by atoms with E-state index >= 15 is 0 Å². The Kier molecular flexibility index (Phi) is 12.9. The molecule has 2 saturated heterocycles. The number of nitrogens with one attached hydrogen (secondary N) is 2. The van der Waals surface area contributed by atoms with Crippen LogP contribution in [0, 0.1) is 0 Å². The molecule has 0 aromatic carbocycles. The number of carboxylic acid groups (broad SMARTS) is 2. The predicted octanol–water partition coefficient (Wildman–Crippen LogP) is 1.88. The van der Waals surface area contributed by atoms with Gasteiger partial charge in [-0.25, -0.2) is 28.0 Å². The molecule has 0 spiro atoms. The minimum absolute atomic E-state index is 0.0422. The second kappa shape index (κ2) is 16.1. The van der Waals surface area contributed by atoms with Crippen molar-refractivity contribution in [3.05, 3.63) is 28.3 Å². The zero-order valence-corrected chi connectivity index (χ0v) is 27.6. The van der Waals surface area contributed by atoms with Crippen molar-refractivity contribution in [2.45, 2.75) is 50.5 Å². The van der Waals surface area contributed by atoms with Crippen molar-refractivity contribution in [2.75, 3.05) is 52.4 Å². The number of H-pyrrole nitrogens is 1. The summed E-state index contributed by atoms with van der Waals surface area (Å²) in [4.78, 5) is 44.9. The molecule has 5 rings (SSSR count). The number of sulfonamides is 1. The van der Waals surface area contributed by atoms with Crippen molar-refractivity contribution in [1.29, 1.82) is 0 Å². The molecule has 3 aromatic rings. The number of nitrogens with zero attached hydrogens (tertiary/aromatic N) is 6. The van der Waals surface area contributed by atoms with E-state index in [0.717, 1.165) is 25.3 Å². The summed E-state index contributed by atoms with van der Waals surface area (Å²) in [5.74, 6) is -5.10.